The van der Waals surface area contributed by atoms with Crippen molar-refractivity contribution < 1.29 is 26.3 Å². The number of rotatable bonds is 5. The largest absolute Gasteiger partial charge is 0.417 e. The molecular weight excluding hydrogens is 394 g/mol. The molecule has 0 amide bonds. The summed E-state index contributed by atoms with van der Waals surface area (Å²) in [6.07, 6.45) is -7.92. The van der Waals surface area contributed by atoms with Crippen molar-refractivity contribution in [3.05, 3.63) is 59.2 Å². The highest BCUT2D eigenvalue weighted by atomic mass is 19.4. The van der Waals surface area contributed by atoms with Crippen molar-refractivity contribution in [2.75, 3.05) is 19.6 Å². The molecule has 1 saturated heterocycles. The van der Waals surface area contributed by atoms with Gasteiger partial charge in [0.15, 0.2) is 0 Å². The van der Waals surface area contributed by atoms with Gasteiger partial charge in [0.1, 0.15) is 0 Å². The number of alkyl halides is 6. The second-order valence-corrected chi connectivity index (χ2v) is 7.24. The molecule has 0 radical (unpaired) electrons. The van der Waals surface area contributed by atoms with Gasteiger partial charge in [0.05, 0.1) is 11.1 Å². The van der Waals surface area contributed by atoms with Crippen molar-refractivity contribution in [1.29, 1.82) is 0 Å². The van der Waals surface area contributed by atoms with Crippen LogP contribution in [0.2, 0.25) is 0 Å². The van der Waals surface area contributed by atoms with Crippen molar-refractivity contribution in [3.63, 3.8) is 0 Å². The molecule has 2 nitrogen and oxygen atoms in total. The second-order valence-electron chi connectivity index (χ2n) is 7.24. The van der Waals surface area contributed by atoms with Crippen LogP contribution in [0, 0.1) is 5.92 Å². The van der Waals surface area contributed by atoms with Gasteiger partial charge in [0, 0.05) is 6.54 Å². The summed E-state index contributed by atoms with van der Waals surface area (Å²) in [6, 6.07) is 8.78. The van der Waals surface area contributed by atoms with Gasteiger partial charge in [-0.05, 0) is 67.2 Å². The van der Waals surface area contributed by atoms with Crippen LogP contribution in [0.4, 0.5) is 26.3 Å². The lowest BCUT2D eigenvalue weighted by Gasteiger charge is -2.24. The molecule has 2 aromatic carbocycles. The third kappa shape index (κ3) is 5.51. The Morgan fingerprint density at radius 2 is 1.55 bits per heavy atom. The topological polar surface area (TPSA) is 24.1 Å². The van der Waals surface area contributed by atoms with Gasteiger partial charge in [-0.2, -0.15) is 26.3 Å². The minimum Gasteiger partial charge on any atom is -0.317 e. The molecule has 0 aliphatic carbocycles. The van der Waals surface area contributed by atoms with E-state index >= 15 is 0 Å². The molecule has 0 bridgehead atoms. The standard InChI is InChI=1S/C21H22F6N2/c22-20(23,24)17-10-16(13-29-12-14-6-8-28-9-7-14)19(15-4-2-1-3-5-15)18(11-17)21(25,26)27/h1-5,10-11,14,28-29H,6-9,12-13H2. The van der Waals surface area contributed by atoms with Gasteiger partial charge in [0.25, 0.3) is 0 Å². The summed E-state index contributed by atoms with van der Waals surface area (Å²) in [4.78, 5) is 0. The fraction of sp³-hybridized carbons (Fsp3) is 0.429. The van der Waals surface area contributed by atoms with E-state index in [1.165, 1.54) is 12.1 Å². The quantitative estimate of drug-likeness (QED) is 0.631. The average molecular weight is 416 g/mol. The van der Waals surface area contributed by atoms with Gasteiger partial charge in [-0.25, -0.2) is 0 Å². The highest BCUT2D eigenvalue weighted by molar-refractivity contribution is 5.72. The maximum Gasteiger partial charge on any atom is 0.417 e. The van der Waals surface area contributed by atoms with Gasteiger partial charge in [-0.15, -0.1) is 0 Å². The highest BCUT2D eigenvalue weighted by Crippen LogP contribution is 2.43. The third-order valence-corrected chi connectivity index (χ3v) is 5.12. The van der Waals surface area contributed by atoms with Crippen LogP contribution in [0.15, 0.2) is 42.5 Å². The first kappa shape index (κ1) is 21.6. The maximum absolute atomic E-state index is 13.7. The Kier molecular flexibility index (Phi) is 6.53. The monoisotopic (exact) mass is 416 g/mol. The molecule has 1 fully saturated rings. The fourth-order valence-electron chi connectivity index (χ4n) is 3.67. The number of hydrogen-bond donors (Lipinski definition) is 2. The Labute approximate surface area is 165 Å². The van der Waals surface area contributed by atoms with Gasteiger partial charge < -0.3 is 10.6 Å². The lowest BCUT2D eigenvalue weighted by molar-refractivity contribution is -0.142. The van der Waals surface area contributed by atoms with Crippen LogP contribution in [-0.4, -0.2) is 19.6 Å². The summed E-state index contributed by atoms with van der Waals surface area (Å²) in [6.45, 7) is 2.21. The zero-order chi connectivity index (χ0) is 21.1. The smallest absolute Gasteiger partial charge is 0.317 e. The lowest BCUT2D eigenvalue weighted by atomic mass is 9.91. The van der Waals surface area contributed by atoms with Crippen molar-refractivity contribution in [2.45, 2.75) is 31.7 Å². The minimum atomic E-state index is -4.91. The first-order valence-electron chi connectivity index (χ1n) is 9.44. The number of benzene rings is 2. The van der Waals surface area contributed by atoms with E-state index < -0.39 is 23.5 Å². The van der Waals surface area contributed by atoms with E-state index in [9.17, 15) is 26.3 Å². The van der Waals surface area contributed by atoms with Crippen LogP contribution in [0.3, 0.4) is 0 Å². The van der Waals surface area contributed by atoms with Crippen LogP contribution >= 0.6 is 0 Å². The molecule has 0 aromatic heterocycles. The summed E-state index contributed by atoms with van der Waals surface area (Å²) in [5.41, 5.74) is -2.52. The average Bonchev–Trinajstić information content (AvgIpc) is 2.67. The predicted molar refractivity (Wildman–Crippen MR) is 99.2 cm³/mol. The third-order valence-electron chi connectivity index (χ3n) is 5.12. The Balaban J connectivity index is 2.00. The van der Waals surface area contributed by atoms with Crippen molar-refractivity contribution in [3.8, 4) is 11.1 Å². The summed E-state index contributed by atoms with van der Waals surface area (Å²) in [5, 5.41) is 6.30. The van der Waals surface area contributed by atoms with Crippen LogP contribution in [0.25, 0.3) is 11.1 Å². The molecule has 1 heterocycles. The van der Waals surface area contributed by atoms with Crippen LogP contribution in [0.5, 0.6) is 0 Å². The van der Waals surface area contributed by atoms with E-state index in [-0.39, 0.29) is 29.3 Å². The molecule has 3 rings (SSSR count). The Morgan fingerprint density at radius 1 is 0.897 bits per heavy atom. The molecule has 0 saturated carbocycles. The van der Waals surface area contributed by atoms with Crippen molar-refractivity contribution in [2.24, 2.45) is 5.92 Å². The van der Waals surface area contributed by atoms with Gasteiger partial charge in [-0.1, -0.05) is 30.3 Å². The molecule has 2 N–H and O–H groups in total. The van der Waals surface area contributed by atoms with Crippen LogP contribution in [0.1, 0.15) is 29.5 Å². The van der Waals surface area contributed by atoms with Gasteiger partial charge >= 0.3 is 12.4 Å². The van der Waals surface area contributed by atoms with Crippen molar-refractivity contribution in [1.82, 2.24) is 10.6 Å². The summed E-state index contributed by atoms with van der Waals surface area (Å²) >= 11 is 0. The van der Waals surface area contributed by atoms with Gasteiger partial charge in [0.2, 0.25) is 0 Å². The van der Waals surface area contributed by atoms with Crippen LogP contribution < -0.4 is 10.6 Å². The van der Waals surface area contributed by atoms with E-state index in [1.807, 2.05) is 0 Å². The van der Waals surface area contributed by atoms with E-state index in [0.29, 0.717) is 12.5 Å². The first-order valence-corrected chi connectivity index (χ1v) is 9.44. The molecule has 0 atom stereocenters. The minimum absolute atomic E-state index is 0.00714. The number of piperidine rings is 1. The summed E-state index contributed by atoms with van der Waals surface area (Å²) in [5.74, 6) is 0.351. The molecule has 0 unspecified atom stereocenters. The van der Waals surface area contributed by atoms with Crippen LogP contribution in [-0.2, 0) is 18.9 Å². The molecule has 2 aromatic rings. The fourth-order valence-corrected chi connectivity index (χ4v) is 3.67. The normalized spacial score (nSPS) is 16.2. The Bertz CT molecular complexity index is 808. The number of nitrogens with one attached hydrogen (secondary N) is 2. The Hall–Kier alpha value is -2.06. The summed E-state index contributed by atoms with van der Waals surface area (Å²) in [7, 11) is 0. The van der Waals surface area contributed by atoms with E-state index in [2.05, 4.69) is 10.6 Å². The molecule has 1 aliphatic rings. The highest BCUT2D eigenvalue weighted by Gasteiger charge is 2.39. The number of halogens is 6. The SMILES string of the molecule is FC(F)(F)c1cc(CNCC2CCNCC2)c(-c2ccccc2)c(C(F)(F)F)c1. The van der Waals surface area contributed by atoms with E-state index in [4.69, 9.17) is 0 Å². The molecular formula is C21H22F6N2. The van der Waals surface area contributed by atoms with E-state index in [1.54, 1.807) is 18.2 Å². The summed E-state index contributed by atoms with van der Waals surface area (Å²) < 4.78 is 81.0. The zero-order valence-corrected chi connectivity index (χ0v) is 15.6. The Morgan fingerprint density at radius 3 is 2.14 bits per heavy atom. The lowest BCUT2D eigenvalue weighted by Crippen LogP contribution is -2.33. The molecule has 0 spiro atoms. The second kappa shape index (κ2) is 8.75. The van der Waals surface area contributed by atoms with Gasteiger partial charge in [-0.3, -0.25) is 0 Å². The number of hydrogen-bond acceptors (Lipinski definition) is 2. The first-order chi connectivity index (χ1) is 13.7. The molecule has 8 heteroatoms. The molecule has 29 heavy (non-hydrogen) atoms. The zero-order valence-electron chi connectivity index (χ0n) is 15.6. The predicted octanol–water partition coefficient (Wildman–Crippen LogP) is 5.48. The van der Waals surface area contributed by atoms with Crippen molar-refractivity contribution >= 4 is 0 Å². The molecule has 158 valence electrons. The van der Waals surface area contributed by atoms with E-state index in [0.717, 1.165) is 32.0 Å². The maximum atomic E-state index is 13.7. The molecule has 1 aliphatic heterocycles.